The Balaban J connectivity index is 1.40. The summed E-state index contributed by atoms with van der Waals surface area (Å²) >= 11 is 5.83. The molecule has 1 aliphatic rings. The molecule has 1 fully saturated rings. The van der Waals surface area contributed by atoms with E-state index < -0.39 is 0 Å². The van der Waals surface area contributed by atoms with Gasteiger partial charge in [-0.25, -0.2) is 9.97 Å². The van der Waals surface area contributed by atoms with Crippen molar-refractivity contribution in [2.45, 2.75) is 12.8 Å². The first-order chi connectivity index (χ1) is 12.7. The second-order valence-corrected chi connectivity index (χ2v) is 6.38. The Morgan fingerprint density at radius 3 is 2.73 bits per heavy atom. The van der Waals surface area contributed by atoms with Gasteiger partial charge in [0.2, 0.25) is 5.91 Å². The van der Waals surface area contributed by atoms with E-state index in [4.69, 9.17) is 16.3 Å². The molecule has 1 saturated heterocycles. The number of carbonyl (C=O) groups excluding carboxylic acids is 1. The standard InChI is InChI=1S/C18H22ClN5O2/c19-14-3-5-15(6-4-14)23-18(25)2-1-7-20-16-12-17(22-13-21-16)24-8-10-26-11-9-24/h3-6,12-13H,1-2,7-11H2,(H,23,25)(H,20,21,22). The van der Waals surface area contributed by atoms with Gasteiger partial charge in [0, 0.05) is 42.8 Å². The van der Waals surface area contributed by atoms with Crippen molar-refractivity contribution in [2.24, 2.45) is 0 Å². The first-order valence-electron chi connectivity index (χ1n) is 8.65. The number of nitrogens with one attached hydrogen (secondary N) is 2. The average Bonchev–Trinajstić information content (AvgIpc) is 2.68. The Morgan fingerprint density at radius 1 is 1.19 bits per heavy atom. The van der Waals surface area contributed by atoms with Crippen molar-refractivity contribution in [1.82, 2.24) is 9.97 Å². The van der Waals surface area contributed by atoms with Crippen molar-refractivity contribution in [3.8, 4) is 0 Å². The van der Waals surface area contributed by atoms with Crippen molar-refractivity contribution < 1.29 is 9.53 Å². The van der Waals surface area contributed by atoms with Crippen LogP contribution in [0.25, 0.3) is 0 Å². The molecule has 8 heteroatoms. The molecule has 1 aromatic heterocycles. The van der Waals surface area contributed by atoms with Crippen molar-refractivity contribution in [3.05, 3.63) is 41.7 Å². The summed E-state index contributed by atoms with van der Waals surface area (Å²) in [4.78, 5) is 22.7. The zero-order valence-corrected chi connectivity index (χ0v) is 15.2. The third-order valence-corrected chi connectivity index (χ3v) is 4.25. The van der Waals surface area contributed by atoms with Gasteiger partial charge in [-0.1, -0.05) is 11.6 Å². The van der Waals surface area contributed by atoms with Gasteiger partial charge in [-0.15, -0.1) is 0 Å². The highest BCUT2D eigenvalue weighted by molar-refractivity contribution is 6.30. The Labute approximate surface area is 157 Å². The zero-order chi connectivity index (χ0) is 18.2. The molecular weight excluding hydrogens is 354 g/mol. The molecule has 1 aliphatic heterocycles. The molecule has 2 heterocycles. The van der Waals surface area contributed by atoms with Crippen LogP contribution in [0.2, 0.25) is 5.02 Å². The molecule has 1 amide bonds. The van der Waals surface area contributed by atoms with Gasteiger partial charge in [-0.05, 0) is 30.7 Å². The third-order valence-electron chi connectivity index (χ3n) is 4.00. The quantitative estimate of drug-likeness (QED) is 0.724. The number of carbonyl (C=O) groups is 1. The summed E-state index contributed by atoms with van der Waals surface area (Å²) in [6, 6.07) is 9.00. The van der Waals surface area contributed by atoms with Gasteiger partial charge < -0.3 is 20.3 Å². The number of anilines is 3. The Kier molecular flexibility index (Phi) is 6.62. The molecule has 7 nitrogen and oxygen atoms in total. The number of ether oxygens (including phenoxy) is 1. The molecule has 2 N–H and O–H groups in total. The maximum atomic E-state index is 12.0. The number of nitrogens with zero attached hydrogens (tertiary/aromatic N) is 3. The summed E-state index contributed by atoms with van der Waals surface area (Å²) in [6.07, 6.45) is 2.69. The number of hydrogen-bond acceptors (Lipinski definition) is 6. The summed E-state index contributed by atoms with van der Waals surface area (Å²) < 4.78 is 5.36. The maximum Gasteiger partial charge on any atom is 0.224 e. The largest absolute Gasteiger partial charge is 0.378 e. The van der Waals surface area contributed by atoms with Gasteiger partial charge in [-0.3, -0.25) is 4.79 Å². The number of benzene rings is 1. The zero-order valence-electron chi connectivity index (χ0n) is 14.4. The van der Waals surface area contributed by atoms with Crippen molar-refractivity contribution in [1.29, 1.82) is 0 Å². The molecule has 0 saturated carbocycles. The lowest BCUT2D eigenvalue weighted by Gasteiger charge is -2.27. The van der Waals surface area contributed by atoms with Gasteiger partial charge in [-0.2, -0.15) is 0 Å². The molecule has 26 heavy (non-hydrogen) atoms. The van der Waals surface area contributed by atoms with E-state index in [1.54, 1.807) is 30.6 Å². The number of aromatic nitrogens is 2. The SMILES string of the molecule is O=C(CCCNc1cc(N2CCOCC2)ncn1)Nc1ccc(Cl)cc1. The summed E-state index contributed by atoms with van der Waals surface area (Å²) in [6.45, 7) is 3.77. The van der Waals surface area contributed by atoms with Gasteiger partial charge in [0.25, 0.3) is 0 Å². The minimum Gasteiger partial charge on any atom is -0.378 e. The van der Waals surface area contributed by atoms with E-state index in [0.717, 1.165) is 43.6 Å². The minimum atomic E-state index is -0.0224. The second-order valence-electron chi connectivity index (χ2n) is 5.95. The van der Waals surface area contributed by atoms with Crippen LogP contribution in [0, 0.1) is 0 Å². The normalized spacial score (nSPS) is 14.1. The molecule has 2 aromatic rings. The molecule has 1 aromatic carbocycles. The van der Waals surface area contributed by atoms with E-state index >= 15 is 0 Å². The summed E-state index contributed by atoms with van der Waals surface area (Å²) in [5, 5.41) is 6.74. The molecular formula is C18H22ClN5O2. The molecule has 0 aliphatic carbocycles. The highest BCUT2D eigenvalue weighted by Crippen LogP contribution is 2.16. The molecule has 0 atom stereocenters. The van der Waals surface area contributed by atoms with E-state index in [2.05, 4.69) is 25.5 Å². The average molecular weight is 376 g/mol. The number of morpholine rings is 1. The predicted molar refractivity (Wildman–Crippen MR) is 103 cm³/mol. The summed E-state index contributed by atoms with van der Waals surface area (Å²) in [5.41, 5.74) is 0.748. The summed E-state index contributed by atoms with van der Waals surface area (Å²) in [5.74, 6) is 1.64. The van der Waals surface area contributed by atoms with E-state index in [0.29, 0.717) is 24.4 Å². The monoisotopic (exact) mass is 375 g/mol. The smallest absolute Gasteiger partial charge is 0.224 e. The predicted octanol–water partition coefficient (Wildman–Crippen LogP) is 2.80. The number of amides is 1. The number of hydrogen-bond donors (Lipinski definition) is 2. The van der Waals surface area contributed by atoms with Gasteiger partial charge in [0.15, 0.2) is 0 Å². The lowest BCUT2D eigenvalue weighted by Crippen LogP contribution is -2.36. The van der Waals surface area contributed by atoms with Crippen LogP contribution in [0.1, 0.15) is 12.8 Å². The number of halogens is 1. The van der Waals surface area contributed by atoms with Crippen LogP contribution in [-0.4, -0.2) is 48.7 Å². The highest BCUT2D eigenvalue weighted by atomic mass is 35.5. The Bertz CT molecular complexity index is 720. The fourth-order valence-electron chi connectivity index (χ4n) is 2.63. The van der Waals surface area contributed by atoms with Crippen LogP contribution >= 0.6 is 11.6 Å². The number of rotatable bonds is 7. The highest BCUT2D eigenvalue weighted by Gasteiger charge is 2.12. The van der Waals surface area contributed by atoms with E-state index in [9.17, 15) is 4.79 Å². The van der Waals surface area contributed by atoms with Crippen LogP contribution in [0.3, 0.4) is 0 Å². The first kappa shape index (κ1) is 18.4. The van der Waals surface area contributed by atoms with Crippen LogP contribution < -0.4 is 15.5 Å². The lowest BCUT2D eigenvalue weighted by atomic mass is 10.2. The molecule has 138 valence electrons. The van der Waals surface area contributed by atoms with Crippen LogP contribution in [-0.2, 0) is 9.53 Å². The van der Waals surface area contributed by atoms with Crippen LogP contribution in [0.5, 0.6) is 0 Å². The topological polar surface area (TPSA) is 79.4 Å². The van der Waals surface area contributed by atoms with Crippen LogP contribution in [0.15, 0.2) is 36.7 Å². The Hall–Kier alpha value is -2.38. The van der Waals surface area contributed by atoms with Crippen molar-refractivity contribution in [3.63, 3.8) is 0 Å². The van der Waals surface area contributed by atoms with Gasteiger partial charge in [0.05, 0.1) is 13.2 Å². The first-order valence-corrected chi connectivity index (χ1v) is 9.02. The molecule has 0 unspecified atom stereocenters. The molecule has 0 radical (unpaired) electrons. The van der Waals surface area contributed by atoms with Gasteiger partial charge >= 0.3 is 0 Å². The molecule has 0 spiro atoms. The summed E-state index contributed by atoms with van der Waals surface area (Å²) in [7, 11) is 0. The minimum absolute atomic E-state index is 0.0224. The maximum absolute atomic E-state index is 12.0. The molecule has 0 bridgehead atoms. The fraction of sp³-hybridized carbons (Fsp3) is 0.389. The van der Waals surface area contributed by atoms with E-state index in [1.807, 2.05) is 6.07 Å². The Morgan fingerprint density at radius 2 is 1.96 bits per heavy atom. The van der Waals surface area contributed by atoms with Crippen LogP contribution in [0.4, 0.5) is 17.3 Å². The van der Waals surface area contributed by atoms with E-state index in [1.165, 1.54) is 0 Å². The van der Waals surface area contributed by atoms with E-state index in [-0.39, 0.29) is 5.91 Å². The van der Waals surface area contributed by atoms with Gasteiger partial charge in [0.1, 0.15) is 18.0 Å². The van der Waals surface area contributed by atoms with Crippen molar-refractivity contribution in [2.75, 3.05) is 48.4 Å². The van der Waals surface area contributed by atoms with Crippen molar-refractivity contribution >= 4 is 34.8 Å². The molecule has 3 rings (SSSR count). The lowest BCUT2D eigenvalue weighted by molar-refractivity contribution is -0.116. The third kappa shape index (κ3) is 5.57. The second kappa shape index (κ2) is 9.35. The fourth-order valence-corrected chi connectivity index (χ4v) is 2.76.